The van der Waals surface area contributed by atoms with Gasteiger partial charge in [0.1, 0.15) is 0 Å². The Morgan fingerprint density at radius 2 is 2.20 bits per heavy atom. The Labute approximate surface area is 92.0 Å². The molecule has 1 rings (SSSR count). The monoisotopic (exact) mass is 232 g/mol. The summed E-state index contributed by atoms with van der Waals surface area (Å²) in [4.78, 5) is 0. The summed E-state index contributed by atoms with van der Waals surface area (Å²) >= 11 is 0. The standard InChI is InChI=1S/C10H20N2O2S/c11-7-9-15(13,14)12-8-6-10-4-2-1-3-5-10/h4,12H,1-3,5-9,11H2. The van der Waals surface area contributed by atoms with E-state index in [1.807, 2.05) is 0 Å². The normalized spacial score (nSPS) is 17.5. The highest BCUT2D eigenvalue weighted by Gasteiger charge is 2.09. The predicted molar refractivity (Wildman–Crippen MR) is 62.0 cm³/mol. The first-order valence-corrected chi connectivity index (χ1v) is 7.14. The summed E-state index contributed by atoms with van der Waals surface area (Å²) in [5.41, 5.74) is 6.58. The van der Waals surface area contributed by atoms with Crippen molar-refractivity contribution in [2.75, 3.05) is 18.8 Å². The summed E-state index contributed by atoms with van der Waals surface area (Å²) in [6.45, 7) is 0.687. The van der Waals surface area contributed by atoms with E-state index >= 15 is 0 Å². The van der Waals surface area contributed by atoms with Gasteiger partial charge in [0.25, 0.3) is 0 Å². The van der Waals surface area contributed by atoms with E-state index in [4.69, 9.17) is 5.73 Å². The highest BCUT2D eigenvalue weighted by molar-refractivity contribution is 7.89. The molecular formula is C10H20N2O2S. The smallest absolute Gasteiger partial charge is 0.212 e. The van der Waals surface area contributed by atoms with Crippen LogP contribution >= 0.6 is 0 Å². The molecule has 0 radical (unpaired) electrons. The van der Waals surface area contributed by atoms with Crippen molar-refractivity contribution in [2.45, 2.75) is 32.1 Å². The Bertz CT molecular complexity index is 309. The number of nitrogens with two attached hydrogens (primary N) is 1. The van der Waals surface area contributed by atoms with Crippen molar-refractivity contribution in [1.29, 1.82) is 0 Å². The van der Waals surface area contributed by atoms with Crippen molar-refractivity contribution in [3.05, 3.63) is 11.6 Å². The van der Waals surface area contributed by atoms with Gasteiger partial charge in [-0.25, -0.2) is 13.1 Å². The zero-order valence-corrected chi connectivity index (χ0v) is 9.85. The van der Waals surface area contributed by atoms with Gasteiger partial charge in [-0.05, 0) is 32.1 Å². The zero-order valence-electron chi connectivity index (χ0n) is 9.04. The Morgan fingerprint density at radius 3 is 2.80 bits per heavy atom. The number of hydrogen-bond acceptors (Lipinski definition) is 3. The molecule has 0 atom stereocenters. The van der Waals surface area contributed by atoms with Crippen LogP contribution in [0.15, 0.2) is 11.6 Å². The van der Waals surface area contributed by atoms with Gasteiger partial charge in [0.15, 0.2) is 0 Å². The molecule has 1 aliphatic carbocycles. The SMILES string of the molecule is NCCS(=O)(=O)NCCC1=CCCCC1. The summed E-state index contributed by atoms with van der Waals surface area (Å²) < 4.78 is 25.1. The fraction of sp³-hybridized carbons (Fsp3) is 0.800. The maximum Gasteiger partial charge on any atom is 0.212 e. The second-order valence-corrected chi connectivity index (χ2v) is 5.79. The fourth-order valence-electron chi connectivity index (χ4n) is 1.73. The average Bonchev–Trinajstić information content (AvgIpc) is 2.19. The van der Waals surface area contributed by atoms with Crippen molar-refractivity contribution in [2.24, 2.45) is 5.73 Å². The van der Waals surface area contributed by atoms with E-state index in [-0.39, 0.29) is 12.3 Å². The Balaban J connectivity index is 2.23. The molecule has 4 nitrogen and oxygen atoms in total. The number of rotatable bonds is 6. The molecule has 5 heteroatoms. The number of hydrogen-bond donors (Lipinski definition) is 2. The molecule has 88 valence electrons. The van der Waals surface area contributed by atoms with E-state index in [9.17, 15) is 8.42 Å². The van der Waals surface area contributed by atoms with E-state index < -0.39 is 10.0 Å². The van der Waals surface area contributed by atoms with E-state index in [2.05, 4.69) is 10.8 Å². The lowest BCUT2D eigenvalue weighted by molar-refractivity contribution is 0.579. The zero-order chi connectivity index (χ0) is 11.1. The molecule has 0 fully saturated rings. The first-order valence-electron chi connectivity index (χ1n) is 5.49. The molecule has 15 heavy (non-hydrogen) atoms. The lowest BCUT2D eigenvalue weighted by Gasteiger charge is -2.12. The maximum absolute atomic E-state index is 11.3. The second-order valence-electron chi connectivity index (χ2n) is 3.86. The Hall–Kier alpha value is -0.390. The van der Waals surface area contributed by atoms with E-state index in [0.717, 1.165) is 19.3 Å². The van der Waals surface area contributed by atoms with Crippen LogP contribution in [0.1, 0.15) is 32.1 Å². The summed E-state index contributed by atoms with van der Waals surface area (Å²) in [6, 6.07) is 0. The van der Waals surface area contributed by atoms with Crippen molar-refractivity contribution in [3.8, 4) is 0 Å². The molecule has 0 bridgehead atoms. The quantitative estimate of drug-likeness (QED) is 0.664. The van der Waals surface area contributed by atoms with E-state index in [1.54, 1.807) is 0 Å². The number of allylic oxidation sites excluding steroid dienone is 1. The molecule has 0 amide bonds. The van der Waals surface area contributed by atoms with E-state index in [1.165, 1.54) is 18.4 Å². The first kappa shape index (κ1) is 12.7. The van der Waals surface area contributed by atoms with Gasteiger partial charge in [0, 0.05) is 13.1 Å². The molecular weight excluding hydrogens is 212 g/mol. The molecule has 0 aromatic heterocycles. The lowest BCUT2D eigenvalue weighted by Crippen LogP contribution is -2.30. The third-order valence-electron chi connectivity index (χ3n) is 2.54. The summed E-state index contributed by atoms with van der Waals surface area (Å²) in [7, 11) is -3.13. The van der Waals surface area contributed by atoms with Gasteiger partial charge in [-0.3, -0.25) is 0 Å². The van der Waals surface area contributed by atoms with Crippen LogP contribution < -0.4 is 10.5 Å². The summed E-state index contributed by atoms with van der Waals surface area (Å²) in [6.07, 6.45) is 7.85. The average molecular weight is 232 g/mol. The first-order chi connectivity index (χ1) is 7.14. The second kappa shape index (κ2) is 6.25. The van der Waals surface area contributed by atoms with Crippen LogP contribution in [0.2, 0.25) is 0 Å². The molecule has 0 saturated heterocycles. The molecule has 0 unspecified atom stereocenters. The molecule has 0 aliphatic heterocycles. The highest BCUT2D eigenvalue weighted by Crippen LogP contribution is 2.19. The van der Waals surface area contributed by atoms with Gasteiger partial charge in [0.05, 0.1) is 5.75 Å². The number of sulfonamides is 1. The third-order valence-corrected chi connectivity index (χ3v) is 3.96. The van der Waals surface area contributed by atoms with Gasteiger partial charge >= 0.3 is 0 Å². The highest BCUT2D eigenvalue weighted by atomic mass is 32.2. The minimum Gasteiger partial charge on any atom is -0.329 e. The molecule has 0 spiro atoms. The van der Waals surface area contributed by atoms with Gasteiger partial charge in [-0.15, -0.1) is 0 Å². The van der Waals surface area contributed by atoms with Crippen molar-refractivity contribution >= 4 is 10.0 Å². The largest absolute Gasteiger partial charge is 0.329 e. The van der Waals surface area contributed by atoms with Crippen LogP contribution in [0.25, 0.3) is 0 Å². The van der Waals surface area contributed by atoms with Gasteiger partial charge in [0.2, 0.25) is 10.0 Å². The van der Waals surface area contributed by atoms with Crippen LogP contribution in [-0.4, -0.2) is 27.3 Å². The molecule has 3 N–H and O–H groups in total. The van der Waals surface area contributed by atoms with Crippen molar-refractivity contribution in [3.63, 3.8) is 0 Å². The summed E-state index contributed by atoms with van der Waals surface area (Å²) in [5, 5.41) is 0. The van der Waals surface area contributed by atoms with Gasteiger partial charge in [-0.2, -0.15) is 0 Å². The van der Waals surface area contributed by atoms with E-state index in [0.29, 0.717) is 6.54 Å². The maximum atomic E-state index is 11.3. The van der Waals surface area contributed by atoms with Crippen LogP contribution in [0.5, 0.6) is 0 Å². The third kappa shape index (κ3) is 5.30. The van der Waals surface area contributed by atoms with Crippen LogP contribution in [0.4, 0.5) is 0 Å². The van der Waals surface area contributed by atoms with Gasteiger partial charge in [-0.1, -0.05) is 11.6 Å². The Morgan fingerprint density at radius 1 is 1.40 bits per heavy atom. The minimum atomic E-state index is -3.13. The molecule has 0 aromatic carbocycles. The Kier molecular flexibility index (Phi) is 5.28. The molecule has 1 aliphatic rings. The fourth-order valence-corrected chi connectivity index (χ4v) is 2.59. The predicted octanol–water partition coefficient (Wildman–Crippen LogP) is 0.755. The minimum absolute atomic E-state index is 0.0199. The van der Waals surface area contributed by atoms with Crippen LogP contribution in [0, 0.1) is 0 Å². The number of nitrogens with one attached hydrogen (secondary N) is 1. The van der Waals surface area contributed by atoms with Crippen molar-refractivity contribution in [1.82, 2.24) is 4.72 Å². The van der Waals surface area contributed by atoms with Gasteiger partial charge < -0.3 is 5.73 Å². The molecule has 0 saturated carbocycles. The van der Waals surface area contributed by atoms with Crippen LogP contribution in [0.3, 0.4) is 0 Å². The van der Waals surface area contributed by atoms with Crippen LogP contribution in [-0.2, 0) is 10.0 Å². The van der Waals surface area contributed by atoms with Crippen molar-refractivity contribution < 1.29 is 8.42 Å². The summed E-state index contributed by atoms with van der Waals surface area (Å²) in [5.74, 6) is 0.0199. The molecule has 0 heterocycles. The topological polar surface area (TPSA) is 72.2 Å². The molecule has 0 aromatic rings. The lowest BCUT2D eigenvalue weighted by atomic mass is 9.97.